The van der Waals surface area contributed by atoms with Gasteiger partial charge in [-0.05, 0) is 0 Å². The Kier molecular flexibility index (Phi) is 4.88. The summed E-state index contributed by atoms with van der Waals surface area (Å²) in [5.74, 6) is 0. The number of thiol groups is 2. The number of rotatable bonds is 4. The predicted molar refractivity (Wildman–Crippen MR) is 85.6 cm³/mol. The van der Waals surface area contributed by atoms with Crippen LogP contribution in [0.5, 0.6) is 0 Å². The van der Waals surface area contributed by atoms with Crippen molar-refractivity contribution in [1.29, 1.82) is 0 Å². The summed E-state index contributed by atoms with van der Waals surface area (Å²) in [5.41, 5.74) is 0. The van der Waals surface area contributed by atoms with E-state index in [1.165, 1.54) is 7.16 Å². The van der Waals surface area contributed by atoms with Crippen molar-refractivity contribution in [3.8, 4) is 0 Å². The minimum absolute atomic E-state index is 0.964. The van der Waals surface area contributed by atoms with Crippen molar-refractivity contribution in [2.75, 3.05) is 7.54 Å². The van der Waals surface area contributed by atoms with Gasteiger partial charge in [0.25, 0.3) is 0 Å². The Morgan fingerprint density at radius 1 is 0.647 bits per heavy atom. The maximum atomic E-state index is 4.65. The van der Waals surface area contributed by atoms with Crippen LogP contribution in [0.15, 0.2) is 60.7 Å². The Morgan fingerprint density at radius 3 is 1.29 bits per heavy atom. The molecule has 0 nitrogen and oxygen atoms in total. The molecule has 0 aliphatic rings. The summed E-state index contributed by atoms with van der Waals surface area (Å²) in [5, 5.41) is 0. The Balaban J connectivity index is 2.54. The quantitative estimate of drug-likeness (QED) is 0.601. The van der Waals surface area contributed by atoms with Gasteiger partial charge < -0.3 is 0 Å². The van der Waals surface area contributed by atoms with Crippen LogP contribution in [-0.4, -0.2) is 25.9 Å². The summed E-state index contributed by atoms with van der Waals surface area (Å²) in [6.45, 7) is 0. The van der Waals surface area contributed by atoms with Crippen LogP contribution in [-0.2, 0) is 0 Å². The van der Waals surface area contributed by atoms with E-state index in [2.05, 4.69) is 85.9 Å². The van der Waals surface area contributed by atoms with Crippen LogP contribution in [0, 0.1) is 0 Å². The van der Waals surface area contributed by atoms with Gasteiger partial charge in [-0.15, -0.1) is 0 Å². The molecule has 2 aromatic carbocycles. The zero-order chi connectivity index (χ0) is 12.1. The second-order valence-corrected chi connectivity index (χ2v) is 19.7. The zero-order valence-corrected chi connectivity index (χ0v) is 14.2. The molecular formula is C14H16S2Sn. The van der Waals surface area contributed by atoms with Crippen LogP contribution in [0.2, 0.25) is 0 Å². The SMILES string of the molecule is S[CH2][Sn]([CH2]S)([c]1ccccc1)[c]1ccccc1. The molecule has 0 atom stereocenters. The molecule has 0 saturated heterocycles. The molecule has 0 bridgehead atoms. The van der Waals surface area contributed by atoms with Gasteiger partial charge in [-0.1, -0.05) is 0 Å². The molecule has 17 heavy (non-hydrogen) atoms. The summed E-state index contributed by atoms with van der Waals surface area (Å²) in [6, 6.07) is 21.6. The van der Waals surface area contributed by atoms with Crippen LogP contribution in [0.25, 0.3) is 0 Å². The molecule has 0 N–H and O–H groups in total. The molecular weight excluding hydrogens is 351 g/mol. The van der Waals surface area contributed by atoms with Crippen molar-refractivity contribution in [3.05, 3.63) is 60.7 Å². The summed E-state index contributed by atoms with van der Waals surface area (Å²) in [7, 11) is 0. The maximum absolute atomic E-state index is 4.65. The third kappa shape index (κ3) is 2.69. The summed E-state index contributed by atoms with van der Waals surface area (Å²) >= 11 is 6.68. The Bertz CT molecular complexity index is 411. The molecule has 2 aromatic rings. The molecule has 3 heteroatoms. The standard InChI is InChI=1S/2C6H5.2CH3S.Sn/c2*1-2-4-6-5-3-1;2*1-2;/h2*1-5H;2*2H,1H2;. The van der Waals surface area contributed by atoms with Gasteiger partial charge in [0, 0.05) is 0 Å². The van der Waals surface area contributed by atoms with Gasteiger partial charge in [-0.2, -0.15) is 0 Å². The fourth-order valence-corrected chi connectivity index (χ4v) is 17.7. The van der Waals surface area contributed by atoms with Crippen molar-refractivity contribution in [2.45, 2.75) is 0 Å². The Labute approximate surface area is 118 Å². The van der Waals surface area contributed by atoms with E-state index in [-0.39, 0.29) is 0 Å². The molecule has 0 unspecified atom stereocenters. The summed E-state index contributed by atoms with van der Waals surface area (Å²) < 4.78 is 4.90. The molecule has 88 valence electrons. The molecule has 0 heterocycles. The van der Waals surface area contributed by atoms with Gasteiger partial charge in [0.15, 0.2) is 0 Å². The average Bonchev–Trinajstić information content (AvgIpc) is 2.43. The van der Waals surface area contributed by atoms with Gasteiger partial charge in [-0.3, -0.25) is 0 Å². The molecule has 0 amide bonds. The van der Waals surface area contributed by atoms with Crippen molar-refractivity contribution in [1.82, 2.24) is 0 Å². The molecule has 0 aliphatic heterocycles. The van der Waals surface area contributed by atoms with E-state index in [1.54, 1.807) is 0 Å². The van der Waals surface area contributed by atoms with E-state index in [1.807, 2.05) is 0 Å². The first-order valence-corrected chi connectivity index (χ1v) is 13.8. The van der Waals surface area contributed by atoms with Gasteiger partial charge in [0.1, 0.15) is 0 Å². The van der Waals surface area contributed by atoms with Crippen molar-refractivity contribution in [2.24, 2.45) is 0 Å². The minimum atomic E-state index is -2.62. The molecule has 2 rings (SSSR count). The Morgan fingerprint density at radius 2 is 1.00 bits per heavy atom. The first kappa shape index (κ1) is 13.4. The van der Waals surface area contributed by atoms with Crippen LogP contribution >= 0.6 is 25.3 Å². The van der Waals surface area contributed by atoms with Gasteiger partial charge in [0.2, 0.25) is 0 Å². The first-order valence-electron chi connectivity index (χ1n) is 5.66. The average molecular weight is 367 g/mol. The Hall–Kier alpha value is -0.0613. The topological polar surface area (TPSA) is 0 Å². The summed E-state index contributed by atoms with van der Waals surface area (Å²) in [6.07, 6.45) is 0. The molecule has 0 spiro atoms. The monoisotopic (exact) mass is 368 g/mol. The first-order chi connectivity index (χ1) is 8.33. The second-order valence-electron chi connectivity index (χ2n) is 4.13. The van der Waals surface area contributed by atoms with E-state index in [4.69, 9.17) is 0 Å². The molecule has 0 fully saturated rings. The third-order valence-corrected chi connectivity index (χ3v) is 21.7. The van der Waals surface area contributed by atoms with Crippen molar-refractivity contribution < 1.29 is 0 Å². The van der Waals surface area contributed by atoms with E-state index in [0.717, 1.165) is 7.54 Å². The number of hydrogen-bond donors (Lipinski definition) is 2. The van der Waals surface area contributed by atoms with Crippen LogP contribution in [0.1, 0.15) is 0 Å². The third-order valence-electron chi connectivity index (χ3n) is 3.19. The zero-order valence-electron chi connectivity index (χ0n) is 9.58. The van der Waals surface area contributed by atoms with Crippen LogP contribution < -0.4 is 7.16 Å². The molecule has 0 saturated carbocycles. The van der Waals surface area contributed by atoms with Crippen molar-refractivity contribution >= 4 is 50.8 Å². The number of benzene rings is 2. The van der Waals surface area contributed by atoms with Gasteiger partial charge >= 0.3 is 119 Å². The second kappa shape index (κ2) is 6.21. The molecule has 0 radical (unpaired) electrons. The van der Waals surface area contributed by atoms with E-state index >= 15 is 0 Å². The van der Waals surface area contributed by atoms with Crippen molar-refractivity contribution in [3.63, 3.8) is 0 Å². The van der Waals surface area contributed by atoms with Gasteiger partial charge in [0.05, 0.1) is 0 Å². The fourth-order valence-electron chi connectivity index (χ4n) is 2.10. The van der Waals surface area contributed by atoms with Crippen LogP contribution in [0.3, 0.4) is 0 Å². The molecule has 0 aliphatic carbocycles. The fraction of sp³-hybridized carbons (Fsp3) is 0.143. The summed E-state index contributed by atoms with van der Waals surface area (Å²) in [4.78, 5) is 0. The van der Waals surface area contributed by atoms with Gasteiger partial charge in [-0.25, -0.2) is 0 Å². The predicted octanol–water partition coefficient (Wildman–Crippen LogP) is 2.19. The van der Waals surface area contributed by atoms with Crippen LogP contribution in [0.4, 0.5) is 0 Å². The van der Waals surface area contributed by atoms with E-state index in [0.29, 0.717) is 0 Å². The normalized spacial score (nSPS) is 11.4. The molecule has 0 aromatic heterocycles. The van der Waals surface area contributed by atoms with E-state index < -0.39 is 18.4 Å². The van der Waals surface area contributed by atoms with E-state index in [9.17, 15) is 0 Å². The number of hydrogen-bond acceptors (Lipinski definition) is 2.